The fourth-order valence-corrected chi connectivity index (χ4v) is 2.05. The molecular weight excluding hydrogens is 219 g/mol. The molecule has 2 N–H and O–H groups in total. The van der Waals surface area contributed by atoms with E-state index in [2.05, 4.69) is 10.6 Å². The predicted octanol–water partition coefficient (Wildman–Crippen LogP) is 1.62. The predicted molar refractivity (Wildman–Crippen MR) is 64.5 cm³/mol. The normalized spacial score (nSPS) is 20.0. The van der Waals surface area contributed by atoms with Gasteiger partial charge in [-0.1, -0.05) is 11.6 Å². The first-order valence-corrected chi connectivity index (χ1v) is 5.94. The molecule has 0 bridgehead atoms. The molecule has 1 aromatic rings. The highest BCUT2D eigenvalue weighted by atomic mass is 19.1. The standard InChI is InChI=1S/C13H17FN2O/c1-9-4-5-12(14)11(7-9)13(17)16-10-3-2-6-15-8-10/h4-5,7,10,15H,2-3,6,8H2,1H3,(H,16,17)/t10-/m1/s1. The summed E-state index contributed by atoms with van der Waals surface area (Å²) in [6, 6.07) is 4.69. The number of carbonyl (C=O) groups is 1. The van der Waals surface area contributed by atoms with Gasteiger partial charge in [0.05, 0.1) is 5.56 Å². The molecule has 0 spiro atoms. The van der Waals surface area contributed by atoms with Crippen molar-refractivity contribution in [3.05, 3.63) is 35.1 Å². The van der Waals surface area contributed by atoms with E-state index in [0.717, 1.165) is 31.5 Å². The lowest BCUT2D eigenvalue weighted by Crippen LogP contribution is -2.45. The van der Waals surface area contributed by atoms with Gasteiger partial charge in [-0.15, -0.1) is 0 Å². The van der Waals surface area contributed by atoms with Crippen molar-refractivity contribution in [3.8, 4) is 0 Å². The second-order valence-electron chi connectivity index (χ2n) is 4.50. The summed E-state index contributed by atoms with van der Waals surface area (Å²) in [5.41, 5.74) is 1.02. The smallest absolute Gasteiger partial charge is 0.254 e. The molecule has 17 heavy (non-hydrogen) atoms. The Bertz CT molecular complexity index is 414. The van der Waals surface area contributed by atoms with Crippen molar-refractivity contribution in [2.75, 3.05) is 13.1 Å². The summed E-state index contributed by atoms with van der Waals surface area (Å²) >= 11 is 0. The Hall–Kier alpha value is -1.42. The molecule has 0 saturated carbocycles. The lowest BCUT2D eigenvalue weighted by Gasteiger charge is -2.23. The van der Waals surface area contributed by atoms with Crippen LogP contribution < -0.4 is 10.6 Å². The fraction of sp³-hybridized carbons (Fsp3) is 0.462. The Morgan fingerprint density at radius 3 is 3.06 bits per heavy atom. The van der Waals surface area contributed by atoms with Crippen molar-refractivity contribution < 1.29 is 9.18 Å². The molecule has 3 nitrogen and oxygen atoms in total. The van der Waals surface area contributed by atoms with Crippen LogP contribution in [0.2, 0.25) is 0 Å². The van der Waals surface area contributed by atoms with E-state index in [4.69, 9.17) is 0 Å². The third-order valence-electron chi connectivity index (χ3n) is 3.00. The first-order valence-electron chi connectivity index (χ1n) is 5.94. The molecule has 1 aromatic carbocycles. The maximum atomic E-state index is 13.5. The van der Waals surface area contributed by atoms with Gasteiger partial charge in [-0.05, 0) is 38.4 Å². The minimum Gasteiger partial charge on any atom is -0.348 e. The summed E-state index contributed by atoms with van der Waals surface area (Å²) in [4.78, 5) is 11.9. The van der Waals surface area contributed by atoms with E-state index in [-0.39, 0.29) is 17.5 Å². The van der Waals surface area contributed by atoms with Gasteiger partial charge in [-0.25, -0.2) is 4.39 Å². The largest absolute Gasteiger partial charge is 0.348 e. The van der Waals surface area contributed by atoms with Crippen molar-refractivity contribution in [2.24, 2.45) is 0 Å². The Morgan fingerprint density at radius 2 is 2.35 bits per heavy atom. The average Bonchev–Trinajstić information content (AvgIpc) is 2.33. The van der Waals surface area contributed by atoms with Gasteiger partial charge in [0.2, 0.25) is 0 Å². The van der Waals surface area contributed by atoms with Gasteiger partial charge in [0.15, 0.2) is 0 Å². The molecule has 1 amide bonds. The van der Waals surface area contributed by atoms with Crippen molar-refractivity contribution >= 4 is 5.91 Å². The number of piperidine rings is 1. The van der Waals surface area contributed by atoms with E-state index < -0.39 is 5.82 Å². The molecule has 1 heterocycles. The molecule has 1 fully saturated rings. The molecule has 0 aliphatic carbocycles. The minimum absolute atomic E-state index is 0.108. The zero-order valence-corrected chi connectivity index (χ0v) is 9.92. The summed E-state index contributed by atoms with van der Waals surface area (Å²) < 4.78 is 13.5. The Labute approximate surface area is 100 Å². The number of aryl methyl sites for hydroxylation is 1. The molecule has 1 aliphatic rings. The zero-order valence-electron chi connectivity index (χ0n) is 9.92. The number of nitrogens with one attached hydrogen (secondary N) is 2. The highest BCUT2D eigenvalue weighted by Crippen LogP contribution is 2.11. The molecule has 4 heteroatoms. The van der Waals surface area contributed by atoms with Crippen LogP contribution in [0.4, 0.5) is 4.39 Å². The van der Waals surface area contributed by atoms with Gasteiger partial charge in [-0.3, -0.25) is 4.79 Å². The number of hydrogen-bond donors (Lipinski definition) is 2. The van der Waals surface area contributed by atoms with E-state index in [1.165, 1.54) is 6.07 Å². The van der Waals surface area contributed by atoms with Crippen LogP contribution >= 0.6 is 0 Å². The van der Waals surface area contributed by atoms with Crippen LogP contribution in [0.25, 0.3) is 0 Å². The topological polar surface area (TPSA) is 41.1 Å². The summed E-state index contributed by atoms with van der Waals surface area (Å²) in [6.07, 6.45) is 1.99. The lowest BCUT2D eigenvalue weighted by molar-refractivity contribution is 0.0926. The van der Waals surface area contributed by atoms with Gasteiger partial charge in [-0.2, -0.15) is 0 Å². The lowest BCUT2D eigenvalue weighted by atomic mass is 10.1. The van der Waals surface area contributed by atoms with Gasteiger partial charge in [0, 0.05) is 12.6 Å². The van der Waals surface area contributed by atoms with Crippen LogP contribution in [-0.2, 0) is 0 Å². The number of hydrogen-bond acceptors (Lipinski definition) is 2. The first-order chi connectivity index (χ1) is 8.16. The summed E-state index contributed by atoms with van der Waals surface area (Å²) in [5, 5.41) is 6.07. The SMILES string of the molecule is Cc1ccc(F)c(C(=O)N[C@@H]2CCCNC2)c1. The Kier molecular flexibility index (Phi) is 3.74. The van der Waals surface area contributed by atoms with E-state index >= 15 is 0 Å². The van der Waals surface area contributed by atoms with Crippen LogP contribution in [0, 0.1) is 12.7 Å². The van der Waals surface area contributed by atoms with Crippen LogP contribution in [-0.4, -0.2) is 25.0 Å². The zero-order chi connectivity index (χ0) is 12.3. The molecule has 1 saturated heterocycles. The van der Waals surface area contributed by atoms with Crippen molar-refractivity contribution in [1.29, 1.82) is 0 Å². The highest BCUT2D eigenvalue weighted by molar-refractivity contribution is 5.94. The second kappa shape index (κ2) is 5.27. The summed E-state index contributed by atoms with van der Waals surface area (Å²) in [7, 11) is 0. The number of halogens is 1. The van der Waals surface area contributed by atoms with Crippen molar-refractivity contribution in [1.82, 2.24) is 10.6 Å². The minimum atomic E-state index is -0.461. The van der Waals surface area contributed by atoms with E-state index in [1.807, 2.05) is 6.92 Å². The third kappa shape index (κ3) is 3.03. The second-order valence-corrected chi connectivity index (χ2v) is 4.50. The monoisotopic (exact) mass is 236 g/mol. The number of rotatable bonds is 2. The van der Waals surface area contributed by atoms with Crippen LogP contribution in [0.15, 0.2) is 18.2 Å². The van der Waals surface area contributed by atoms with Gasteiger partial charge in [0.25, 0.3) is 5.91 Å². The maximum Gasteiger partial charge on any atom is 0.254 e. The molecule has 1 aliphatic heterocycles. The number of carbonyl (C=O) groups excluding carboxylic acids is 1. The number of benzene rings is 1. The summed E-state index contributed by atoms with van der Waals surface area (Å²) in [6.45, 7) is 3.60. The van der Waals surface area contributed by atoms with Gasteiger partial charge >= 0.3 is 0 Å². The quantitative estimate of drug-likeness (QED) is 0.819. The van der Waals surface area contributed by atoms with Crippen LogP contribution in [0.3, 0.4) is 0 Å². The molecule has 92 valence electrons. The third-order valence-corrected chi connectivity index (χ3v) is 3.00. The summed E-state index contributed by atoms with van der Waals surface area (Å²) in [5.74, 6) is -0.781. The number of amides is 1. The van der Waals surface area contributed by atoms with Crippen molar-refractivity contribution in [2.45, 2.75) is 25.8 Å². The molecule has 0 aromatic heterocycles. The van der Waals surface area contributed by atoms with Gasteiger partial charge in [0.1, 0.15) is 5.82 Å². The average molecular weight is 236 g/mol. The Balaban J connectivity index is 2.05. The fourth-order valence-electron chi connectivity index (χ4n) is 2.05. The molecule has 0 radical (unpaired) electrons. The van der Waals surface area contributed by atoms with Crippen LogP contribution in [0.1, 0.15) is 28.8 Å². The van der Waals surface area contributed by atoms with E-state index in [1.54, 1.807) is 12.1 Å². The maximum absolute atomic E-state index is 13.5. The molecule has 1 atom stereocenters. The van der Waals surface area contributed by atoms with Crippen molar-refractivity contribution in [3.63, 3.8) is 0 Å². The highest BCUT2D eigenvalue weighted by Gasteiger charge is 2.18. The Morgan fingerprint density at radius 1 is 1.53 bits per heavy atom. The molecular formula is C13H17FN2O. The van der Waals surface area contributed by atoms with Gasteiger partial charge < -0.3 is 10.6 Å². The first kappa shape index (κ1) is 12.0. The van der Waals surface area contributed by atoms with E-state index in [9.17, 15) is 9.18 Å². The molecule has 0 unspecified atom stereocenters. The van der Waals surface area contributed by atoms with Crippen LogP contribution in [0.5, 0.6) is 0 Å². The molecule has 2 rings (SSSR count). The van der Waals surface area contributed by atoms with E-state index in [0.29, 0.717) is 0 Å².